The summed E-state index contributed by atoms with van der Waals surface area (Å²) in [6, 6.07) is 0. The summed E-state index contributed by atoms with van der Waals surface area (Å²) in [5, 5.41) is 0. The van der Waals surface area contributed by atoms with Gasteiger partial charge in [-0.1, -0.05) is 0 Å². The van der Waals surface area contributed by atoms with Crippen molar-refractivity contribution >= 4 is 0 Å². The van der Waals surface area contributed by atoms with Crippen LogP contribution in [0.25, 0.3) is 0 Å². The predicted octanol–water partition coefficient (Wildman–Crippen LogP) is 0.679. The molecule has 0 aromatic carbocycles. The molecule has 11 heavy (non-hydrogen) atoms. The minimum atomic E-state index is -0.458. The van der Waals surface area contributed by atoms with Gasteiger partial charge in [0.05, 0.1) is 12.7 Å². The van der Waals surface area contributed by atoms with Gasteiger partial charge in [0, 0.05) is 0 Å². The largest absolute Gasteiger partial charge is 0.358 e. The lowest BCUT2D eigenvalue weighted by molar-refractivity contribution is -0.296. The Morgan fingerprint density at radius 2 is 2.09 bits per heavy atom. The monoisotopic (exact) mass is 156 g/mol. The second kappa shape index (κ2) is 1.49. The van der Waals surface area contributed by atoms with Crippen molar-refractivity contribution in [2.45, 2.75) is 43.9 Å². The van der Waals surface area contributed by atoms with Crippen LogP contribution < -0.4 is 0 Å². The summed E-state index contributed by atoms with van der Waals surface area (Å²) < 4.78 is 16.8. The molecule has 0 aliphatic carbocycles. The first kappa shape index (κ1) is 6.40. The molecule has 0 N–H and O–H groups in total. The van der Waals surface area contributed by atoms with Gasteiger partial charge in [-0.3, -0.25) is 0 Å². The molecule has 62 valence electrons. The van der Waals surface area contributed by atoms with Crippen LogP contribution in [-0.2, 0) is 14.2 Å². The number of epoxide rings is 1. The molecule has 2 bridgehead atoms. The van der Waals surface area contributed by atoms with Crippen LogP contribution in [0.2, 0.25) is 0 Å². The molecule has 3 fully saturated rings. The Hall–Kier alpha value is -0.120. The lowest BCUT2D eigenvalue weighted by Crippen LogP contribution is -2.45. The molecule has 0 spiro atoms. The Balaban J connectivity index is 2.03. The van der Waals surface area contributed by atoms with Gasteiger partial charge in [-0.05, 0) is 20.3 Å². The van der Waals surface area contributed by atoms with Crippen LogP contribution >= 0.6 is 0 Å². The fraction of sp³-hybridized carbons (Fsp3) is 1.00. The second-order valence-corrected chi connectivity index (χ2v) is 3.88. The lowest BCUT2D eigenvalue weighted by Gasteiger charge is -2.35. The maximum atomic E-state index is 5.70. The number of hydrogen-bond donors (Lipinski definition) is 0. The predicted molar refractivity (Wildman–Crippen MR) is 37.1 cm³/mol. The van der Waals surface area contributed by atoms with E-state index in [1.165, 1.54) is 0 Å². The maximum Gasteiger partial charge on any atom is 0.197 e. The van der Waals surface area contributed by atoms with E-state index in [0.29, 0.717) is 12.2 Å². The highest BCUT2D eigenvalue weighted by Gasteiger charge is 2.76. The van der Waals surface area contributed by atoms with Gasteiger partial charge >= 0.3 is 0 Å². The first-order valence-corrected chi connectivity index (χ1v) is 4.15. The second-order valence-electron chi connectivity index (χ2n) is 3.88. The smallest absolute Gasteiger partial charge is 0.197 e. The molecule has 3 saturated heterocycles. The maximum absolute atomic E-state index is 5.70. The molecule has 0 radical (unpaired) electrons. The van der Waals surface area contributed by atoms with Gasteiger partial charge in [-0.15, -0.1) is 0 Å². The minimum Gasteiger partial charge on any atom is -0.358 e. The molecule has 0 aromatic rings. The molecule has 0 amide bonds. The van der Waals surface area contributed by atoms with Crippen molar-refractivity contribution in [3.8, 4) is 0 Å². The highest BCUT2D eigenvalue weighted by Crippen LogP contribution is 2.58. The van der Waals surface area contributed by atoms with E-state index in [0.717, 1.165) is 13.0 Å². The highest BCUT2D eigenvalue weighted by atomic mass is 16.8. The van der Waals surface area contributed by atoms with Crippen molar-refractivity contribution in [3.05, 3.63) is 0 Å². The summed E-state index contributed by atoms with van der Waals surface area (Å²) in [4.78, 5) is 0. The van der Waals surface area contributed by atoms with Crippen LogP contribution in [-0.4, -0.2) is 30.2 Å². The highest BCUT2D eigenvalue weighted by molar-refractivity contribution is 5.18. The van der Waals surface area contributed by atoms with Crippen LogP contribution in [0.1, 0.15) is 20.3 Å². The van der Waals surface area contributed by atoms with E-state index in [1.54, 1.807) is 0 Å². The first-order valence-electron chi connectivity index (χ1n) is 4.15. The summed E-state index contributed by atoms with van der Waals surface area (Å²) in [5.74, 6) is -0.458. The number of rotatable bonds is 0. The lowest BCUT2D eigenvalue weighted by atomic mass is 10.00. The third kappa shape index (κ3) is 0.534. The van der Waals surface area contributed by atoms with Crippen LogP contribution in [0.15, 0.2) is 0 Å². The summed E-state index contributed by atoms with van der Waals surface area (Å²) in [5.41, 5.74) is -0.145. The standard InChI is InChI=1S/C8H12O3/c1-7-6(11-7)5-3-4-9-8(7,2)10-5/h5-6H,3-4H2,1-2H3/t5-,6-,7-,8-/m0/s1. The van der Waals surface area contributed by atoms with Gasteiger partial charge in [0.25, 0.3) is 0 Å². The van der Waals surface area contributed by atoms with Gasteiger partial charge in [-0.25, -0.2) is 0 Å². The SMILES string of the molecule is C[C@]12OCC[C@H](O1)[C@@H]1O[C@@]12C. The average molecular weight is 156 g/mol. The van der Waals surface area contributed by atoms with E-state index >= 15 is 0 Å². The number of hydrogen-bond acceptors (Lipinski definition) is 3. The van der Waals surface area contributed by atoms with Crippen molar-refractivity contribution in [3.63, 3.8) is 0 Å². The zero-order valence-corrected chi connectivity index (χ0v) is 6.79. The fourth-order valence-corrected chi connectivity index (χ4v) is 2.25. The molecule has 4 atom stereocenters. The van der Waals surface area contributed by atoms with Crippen molar-refractivity contribution in [2.24, 2.45) is 0 Å². The molecule has 3 heterocycles. The van der Waals surface area contributed by atoms with E-state index in [-0.39, 0.29) is 5.60 Å². The molecular formula is C8H12O3. The van der Waals surface area contributed by atoms with Gasteiger partial charge < -0.3 is 14.2 Å². The Morgan fingerprint density at radius 1 is 1.27 bits per heavy atom. The van der Waals surface area contributed by atoms with Crippen molar-refractivity contribution < 1.29 is 14.2 Å². The van der Waals surface area contributed by atoms with Crippen molar-refractivity contribution in [2.75, 3.05) is 6.61 Å². The molecule has 3 aliphatic rings. The molecule has 3 nitrogen and oxygen atoms in total. The Bertz CT molecular complexity index is 217. The molecule has 3 heteroatoms. The number of ether oxygens (including phenoxy) is 3. The summed E-state index contributed by atoms with van der Waals surface area (Å²) in [6.07, 6.45) is 1.57. The van der Waals surface area contributed by atoms with Gasteiger partial charge in [0.1, 0.15) is 11.7 Å². The molecule has 3 rings (SSSR count). The molecule has 0 aromatic heterocycles. The van der Waals surface area contributed by atoms with E-state index < -0.39 is 5.79 Å². The zero-order valence-electron chi connectivity index (χ0n) is 6.79. The van der Waals surface area contributed by atoms with Crippen molar-refractivity contribution in [1.29, 1.82) is 0 Å². The summed E-state index contributed by atoms with van der Waals surface area (Å²) in [6.45, 7) is 4.87. The first-order chi connectivity index (χ1) is 5.16. The van der Waals surface area contributed by atoms with Crippen LogP contribution in [0.3, 0.4) is 0 Å². The van der Waals surface area contributed by atoms with Crippen LogP contribution in [0.5, 0.6) is 0 Å². The van der Waals surface area contributed by atoms with Crippen molar-refractivity contribution in [1.82, 2.24) is 0 Å². The van der Waals surface area contributed by atoms with E-state index in [9.17, 15) is 0 Å². The average Bonchev–Trinajstić information content (AvgIpc) is 2.60. The summed E-state index contributed by atoms with van der Waals surface area (Å²) in [7, 11) is 0. The normalized spacial score (nSPS) is 66.0. The Labute approximate surface area is 65.6 Å². The third-order valence-corrected chi connectivity index (χ3v) is 3.25. The Morgan fingerprint density at radius 3 is 2.73 bits per heavy atom. The quantitative estimate of drug-likeness (QED) is 0.483. The van der Waals surface area contributed by atoms with Gasteiger partial charge in [0.15, 0.2) is 5.79 Å². The van der Waals surface area contributed by atoms with Crippen LogP contribution in [0, 0.1) is 0 Å². The fourth-order valence-electron chi connectivity index (χ4n) is 2.25. The number of fused-ring (bicyclic) bond motifs is 5. The van der Waals surface area contributed by atoms with E-state index in [2.05, 4.69) is 6.92 Å². The summed E-state index contributed by atoms with van der Waals surface area (Å²) >= 11 is 0. The van der Waals surface area contributed by atoms with Gasteiger partial charge in [0.2, 0.25) is 0 Å². The van der Waals surface area contributed by atoms with E-state index in [1.807, 2.05) is 6.92 Å². The molecular weight excluding hydrogens is 144 g/mol. The van der Waals surface area contributed by atoms with E-state index in [4.69, 9.17) is 14.2 Å². The molecule has 0 saturated carbocycles. The van der Waals surface area contributed by atoms with Gasteiger partial charge in [-0.2, -0.15) is 0 Å². The van der Waals surface area contributed by atoms with Crippen LogP contribution in [0.4, 0.5) is 0 Å². The topological polar surface area (TPSA) is 31.0 Å². The Kier molecular flexibility index (Phi) is 0.866. The minimum absolute atomic E-state index is 0.145. The third-order valence-electron chi connectivity index (χ3n) is 3.25. The molecule has 3 aliphatic heterocycles. The zero-order chi connectivity index (χ0) is 7.69. The molecule has 0 unspecified atom stereocenters.